The van der Waals surface area contributed by atoms with E-state index in [1.807, 2.05) is 23.1 Å². The van der Waals surface area contributed by atoms with E-state index in [0.717, 1.165) is 18.7 Å². The van der Waals surface area contributed by atoms with Crippen LogP contribution in [0.5, 0.6) is 0 Å². The molecule has 0 radical (unpaired) electrons. The van der Waals surface area contributed by atoms with Crippen molar-refractivity contribution in [3.05, 3.63) is 54.0 Å². The number of para-hydroxylation sites is 1. The normalized spacial score (nSPS) is 17.5. The van der Waals surface area contributed by atoms with Crippen molar-refractivity contribution in [3.63, 3.8) is 0 Å². The summed E-state index contributed by atoms with van der Waals surface area (Å²) < 4.78 is 13.9. The van der Waals surface area contributed by atoms with E-state index in [4.69, 9.17) is 0 Å². The summed E-state index contributed by atoms with van der Waals surface area (Å²) in [5.74, 6) is 0.480. The van der Waals surface area contributed by atoms with Crippen molar-refractivity contribution in [1.29, 1.82) is 0 Å². The van der Waals surface area contributed by atoms with Crippen LogP contribution >= 0.6 is 0 Å². The largest absolute Gasteiger partial charge is 0.367 e. The Labute approximate surface area is 146 Å². The summed E-state index contributed by atoms with van der Waals surface area (Å²) in [6, 6.07) is 12.8. The van der Waals surface area contributed by atoms with Crippen LogP contribution in [0.3, 0.4) is 0 Å². The maximum Gasteiger partial charge on any atom is 0.272 e. The Morgan fingerprint density at radius 3 is 2.52 bits per heavy atom. The molecule has 0 atom stereocenters. The minimum absolute atomic E-state index is 0.0624. The molecule has 2 heterocycles. The molecular formula is C19H21FN4O. The summed E-state index contributed by atoms with van der Waals surface area (Å²) in [6.45, 7) is 2.36. The number of pyridine rings is 1. The number of nitrogens with one attached hydrogen (secondary N) is 1. The van der Waals surface area contributed by atoms with Crippen molar-refractivity contribution in [2.24, 2.45) is 0 Å². The number of carbonyl (C=O) groups excluding carboxylic acids is 1. The van der Waals surface area contributed by atoms with Crippen LogP contribution in [0.25, 0.3) is 0 Å². The first-order chi connectivity index (χ1) is 12.2. The van der Waals surface area contributed by atoms with Gasteiger partial charge in [-0.25, -0.2) is 9.37 Å². The van der Waals surface area contributed by atoms with Crippen molar-refractivity contribution in [2.45, 2.75) is 18.9 Å². The fraction of sp³-hybridized carbons (Fsp3) is 0.368. The van der Waals surface area contributed by atoms with Gasteiger partial charge in [0.05, 0.1) is 5.69 Å². The molecule has 0 unspecified atom stereocenters. The molecule has 130 valence electrons. The molecule has 2 aliphatic rings. The molecule has 25 heavy (non-hydrogen) atoms. The van der Waals surface area contributed by atoms with Crippen LogP contribution in [0.15, 0.2) is 42.5 Å². The first kappa shape index (κ1) is 15.9. The summed E-state index contributed by atoms with van der Waals surface area (Å²) in [4.78, 5) is 20.9. The highest BCUT2D eigenvalue weighted by Gasteiger charge is 2.25. The van der Waals surface area contributed by atoms with Gasteiger partial charge in [0.1, 0.15) is 17.3 Å². The lowest BCUT2D eigenvalue weighted by Gasteiger charge is -2.36. The van der Waals surface area contributed by atoms with Gasteiger partial charge in [-0.2, -0.15) is 0 Å². The van der Waals surface area contributed by atoms with Gasteiger partial charge in [-0.05, 0) is 37.1 Å². The van der Waals surface area contributed by atoms with E-state index in [9.17, 15) is 9.18 Å². The van der Waals surface area contributed by atoms with E-state index in [1.165, 1.54) is 6.07 Å². The number of amides is 1. The fourth-order valence-electron chi connectivity index (χ4n) is 3.09. The minimum atomic E-state index is -0.220. The zero-order valence-corrected chi connectivity index (χ0v) is 14.0. The van der Waals surface area contributed by atoms with Crippen LogP contribution in [-0.2, 0) is 0 Å². The average Bonchev–Trinajstić information content (AvgIpc) is 3.46. The number of carbonyl (C=O) groups is 1. The lowest BCUT2D eigenvalue weighted by atomic mass is 10.2. The Hall–Kier alpha value is -2.63. The van der Waals surface area contributed by atoms with Gasteiger partial charge in [-0.15, -0.1) is 0 Å². The Kier molecular flexibility index (Phi) is 4.26. The molecule has 5 nitrogen and oxygen atoms in total. The first-order valence-corrected chi connectivity index (χ1v) is 8.73. The number of halogens is 1. The second-order valence-corrected chi connectivity index (χ2v) is 6.56. The first-order valence-electron chi connectivity index (χ1n) is 8.73. The summed E-state index contributed by atoms with van der Waals surface area (Å²) >= 11 is 0. The molecule has 1 aliphatic heterocycles. The molecule has 1 N–H and O–H groups in total. The molecule has 4 rings (SSSR count). The third kappa shape index (κ3) is 3.57. The quantitative estimate of drug-likeness (QED) is 0.930. The van der Waals surface area contributed by atoms with Crippen molar-refractivity contribution < 1.29 is 9.18 Å². The predicted octanol–water partition coefficient (Wildman–Crippen LogP) is 2.76. The van der Waals surface area contributed by atoms with Crippen molar-refractivity contribution in [2.75, 3.05) is 36.4 Å². The van der Waals surface area contributed by atoms with Gasteiger partial charge in [-0.3, -0.25) is 4.79 Å². The van der Waals surface area contributed by atoms with Gasteiger partial charge in [0.2, 0.25) is 0 Å². The van der Waals surface area contributed by atoms with Crippen LogP contribution in [-0.4, -0.2) is 48.0 Å². The number of nitrogens with zero attached hydrogens (tertiary/aromatic N) is 3. The Bertz CT molecular complexity index is 770. The monoisotopic (exact) mass is 340 g/mol. The number of aromatic nitrogens is 1. The third-order valence-electron chi connectivity index (χ3n) is 4.66. The predicted molar refractivity (Wildman–Crippen MR) is 95.4 cm³/mol. The Morgan fingerprint density at radius 2 is 1.80 bits per heavy atom. The number of anilines is 2. The van der Waals surface area contributed by atoms with Gasteiger partial charge in [0.15, 0.2) is 0 Å². The summed E-state index contributed by atoms with van der Waals surface area (Å²) in [5, 5.41) is 3.32. The Balaban J connectivity index is 1.40. The van der Waals surface area contributed by atoms with E-state index >= 15 is 0 Å². The molecule has 1 aromatic heterocycles. The zero-order valence-electron chi connectivity index (χ0n) is 14.0. The lowest BCUT2D eigenvalue weighted by molar-refractivity contribution is 0.0741. The molecule has 2 aromatic rings. The fourth-order valence-corrected chi connectivity index (χ4v) is 3.09. The molecule has 0 spiro atoms. The SMILES string of the molecule is O=C(c1cccc(NC2CC2)n1)N1CCN(c2ccccc2F)CC1. The summed E-state index contributed by atoms with van der Waals surface area (Å²) in [7, 11) is 0. The van der Waals surface area contributed by atoms with E-state index in [1.54, 1.807) is 23.1 Å². The van der Waals surface area contributed by atoms with Gasteiger partial charge >= 0.3 is 0 Å². The number of hydrogen-bond acceptors (Lipinski definition) is 4. The number of rotatable bonds is 4. The van der Waals surface area contributed by atoms with Crippen LogP contribution in [0.4, 0.5) is 15.9 Å². The van der Waals surface area contributed by atoms with Crippen molar-refractivity contribution >= 4 is 17.4 Å². The number of hydrogen-bond donors (Lipinski definition) is 1. The van der Waals surface area contributed by atoms with E-state index in [0.29, 0.717) is 43.6 Å². The van der Waals surface area contributed by atoms with Crippen LogP contribution in [0.1, 0.15) is 23.3 Å². The highest BCUT2D eigenvalue weighted by Crippen LogP contribution is 2.24. The average molecular weight is 340 g/mol. The highest BCUT2D eigenvalue weighted by molar-refractivity contribution is 5.92. The maximum atomic E-state index is 13.9. The van der Waals surface area contributed by atoms with Crippen LogP contribution in [0.2, 0.25) is 0 Å². The topological polar surface area (TPSA) is 48.5 Å². The molecule has 1 amide bonds. The smallest absolute Gasteiger partial charge is 0.272 e. The maximum absolute atomic E-state index is 13.9. The highest BCUT2D eigenvalue weighted by atomic mass is 19.1. The van der Waals surface area contributed by atoms with Gasteiger partial charge in [0, 0.05) is 32.2 Å². The Morgan fingerprint density at radius 1 is 1.04 bits per heavy atom. The van der Waals surface area contributed by atoms with Gasteiger partial charge < -0.3 is 15.1 Å². The molecule has 1 saturated carbocycles. The third-order valence-corrected chi connectivity index (χ3v) is 4.66. The van der Waals surface area contributed by atoms with E-state index in [2.05, 4.69) is 10.3 Å². The molecule has 2 fully saturated rings. The standard InChI is InChI=1S/C19H21FN4O/c20-15-4-1-2-6-17(15)23-10-12-24(13-11-23)19(25)16-5-3-7-18(22-16)21-14-8-9-14/h1-7,14H,8-13H2,(H,21,22). The summed E-state index contributed by atoms with van der Waals surface area (Å²) in [6.07, 6.45) is 2.33. The van der Waals surface area contributed by atoms with E-state index in [-0.39, 0.29) is 11.7 Å². The van der Waals surface area contributed by atoms with Crippen molar-refractivity contribution in [1.82, 2.24) is 9.88 Å². The van der Waals surface area contributed by atoms with Crippen molar-refractivity contribution in [3.8, 4) is 0 Å². The molecule has 0 bridgehead atoms. The molecule has 1 aliphatic carbocycles. The molecular weight excluding hydrogens is 319 g/mol. The lowest BCUT2D eigenvalue weighted by Crippen LogP contribution is -2.49. The molecule has 1 aromatic carbocycles. The number of benzene rings is 1. The van der Waals surface area contributed by atoms with E-state index < -0.39 is 0 Å². The summed E-state index contributed by atoms with van der Waals surface area (Å²) in [5.41, 5.74) is 1.06. The molecule has 6 heteroatoms. The van der Waals surface area contributed by atoms with Gasteiger partial charge in [-0.1, -0.05) is 18.2 Å². The number of piperazine rings is 1. The zero-order chi connectivity index (χ0) is 17.2. The van der Waals surface area contributed by atoms with Gasteiger partial charge in [0.25, 0.3) is 5.91 Å². The van der Waals surface area contributed by atoms with Crippen LogP contribution < -0.4 is 10.2 Å². The van der Waals surface area contributed by atoms with Crippen LogP contribution in [0, 0.1) is 5.82 Å². The second-order valence-electron chi connectivity index (χ2n) is 6.56. The minimum Gasteiger partial charge on any atom is -0.367 e. The molecule has 1 saturated heterocycles. The second kappa shape index (κ2) is 6.70.